The summed E-state index contributed by atoms with van der Waals surface area (Å²) in [7, 11) is 0. The minimum Gasteiger partial charge on any atom is -0.388 e. The Bertz CT molecular complexity index is 363. The maximum absolute atomic E-state index is 10.4. The summed E-state index contributed by atoms with van der Waals surface area (Å²) < 4.78 is 0. The molecule has 1 aliphatic rings. The smallest absolute Gasteiger partial charge is 0.194 e. The summed E-state index contributed by atoms with van der Waals surface area (Å²) in [6.07, 6.45) is 1.47. The number of aliphatic imine (C=N–C) groups is 1. The molecule has 1 rings (SSSR count). The first kappa shape index (κ1) is 21.0. The first-order valence-corrected chi connectivity index (χ1v) is 7.92. The number of hydrogen-bond donors (Lipinski definition) is 2. The van der Waals surface area contributed by atoms with Crippen LogP contribution in [-0.2, 0) is 0 Å². The summed E-state index contributed by atoms with van der Waals surface area (Å²) in [6, 6.07) is 0. The summed E-state index contributed by atoms with van der Waals surface area (Å²) in [5, 5.41) is 13.8. The summed E-state index contributed by atoms with van der Waals surface area (Å²) >= 11 is 0. The molecule has 0 spiro atoms. The molecular weight excluding hydrogens is 377 g/mol. The van der Waals surface area contributed by atoms with Gasteiger partial charge in [0, 0.05) is 24.0 Å². The van der Waals surface area contributed by atoms with E-state index in [0.29, 0.717) is 6.54 Å². The highest BCUT2D eigenvalue weighted by Gasteiger charge is 2.53. The highest BCUT2D eigenvalue weighted by molar-refractivity contribution is 14.0. The number of likely N-dealkylation sites (tertiary alicyclic amines) is 1. The first-order chi connectivity index (χ1) is 9.13. The molecule has 0 atom stereocenters. The number of rotatable bonds is 5. The van der Waals surface area contributed by atoms with E-state index in [-0.39, 0.29) is 34.9 Å². The molecule has 4 nitrogen and oxygen atoms in total. The predicted molar refractivity (Wildman–Crippen MR) is 101 cm³/mol. The zero-order valence-electron chi connectivity index (χ0n) is 14.8. The first-order valence-electron chi connectivity index (χ1n) is 7.92. The Morgan fingerprint density at radius 2 is 1.71 bits per heavy atom. The Morgan fingerprint density at radius 1 is 1.19 bits per heavy atom. The molecule has 5 heteroatoms. The zero-order chi connectivity index (χ0) is 15.6. The number of halogens is 1. The maximum atomic E-state index is 10.4. The molecule has 1 fully saturated rings. The average molecular weight is 411 g/mol. The highest BCUT2D eigenvalue weighted by Crippen LogP contribution is 2.46. The quantitative estimate of drug-likeness (QED) is 0.415. The minimum absolute atomic E-state index is 0. The number of nitrogens with zero attached hydrogens (tertiary/aromatic N) is 2. The van der Waals surface area contributed by atoms with Crippen molar-refractivity contribution in [2.24, 2.45) is 10.4 Å². The van der Waals surface area contributed by atoms with Gasteiger partial charge >= 0.3 is 0 Å². The van der Waals surface area contributed by atoms with Gasteiger partial charge in [-0.25, -0.2) is 0 Å². The van der Waals surface area contributed by atoms with E-state index < -0.39 is 5.60 Å². The average Bonchev–Trinajstić information content (AvgIpc) is 2.40. The number of nitrogens with one attached hydrogen (secondary N) is 1. The molecule has 1 aliphatic heterocycles. The lowest BCUT2D eigenvalue weighted by Crippen LogP contribution is -2.72. The number of aliphatic hydroxyl groups is 1. The number of guanidine groups is 1. The van der Waals surface area contributed by atoms with Crippen molar-refractivity contribution in [1.29, 1.82) is 0 Å². The molecule has 0 unspecified atom stereocenters. The van der Waals surface area contributed by atoms with Crippen molar-refractivity contribution in [2.75, 3.05) is 19.6 Å². The maximum Gasteiger partial charge on any atom is 0.194 e. The van der Waals surface area contributed by atoms with Gasteiger partial charge in [-0.05, 0) is 33.6 Å². The molecule has 0 amide bonds. The fourth-order valence-corrected chi connectivity index (χ4v) is 2.49. The molecule has 0 aromatic carbocycles. The van der Waals surface area contributed by atoms with Crippen molar-refractivity contribution in [2.45, 2.75) is 72.4 Å². The molecule has 21 heavy (non-hydrogen) atoms. The van der Waals surface area contributed by atoms with E-state index in [1.165, 1.54) is 0 Å². The summed E-state index contributed by atoms with van der Waals surface area (Å²) in [4.78, 5) is 7.01. The van der Waals surface area contributed by atoms with Gasteiger partial charge in [0.05, 0.1) is 12.1 Å². The standard InChI is InChI=1S/C16H33N3O.HI/c1-8-16(20,9-2)11-18-13(17-10-3)19-12-14(4,5)15(19,6)7;/h20H,8-12H2,1-7H3,(H,17,18);1H. The summed E-state index contributed by atoms with van der Waals surface area (Å²) in [5.74, 6) is 0.928. The lowest BCUT2D eigenvalue weighted by molar-refractivity contribution is -0.0671. The third kappa shape index (κ3) is 4.24. The number of hydrogen-bond acceptors (Lipinski definition) is 2. The monoisotopic (exact) mass is 411 g/mol. The predicted octanol–water partition coefficient (Wildman–Crippen LogP) is 3.24. The van der Waals surface area contributed by atoms with Crippen molar-refractivity contribution < 1.29 is 5.11 Å². The second-order valence-electron chi connectivity index (χ2n) is 7.13. The lowest BCUT2D eigenvalue weighted by atomic mass is 9.65. The Hall–Kier alpha value is -0.0400. The molecule has 126 valence electrons. The van der Waals surface area contributed by atoms with Crippen LogP contribution in [0.2, 0.25) is 0 Å². The van der Waals surface area contributed by atoms with Gasteiger partial charge in [-0.1, -0.05) is 27.7 Å². The van der Waals surface area contributed by atoms with E-state index in [4.69, 9.17) is 4.99 Å². The van der Waals surface area contributed by atoms with Gasteiger partial charge < -0.3 is 15.3 Å². The molecular formula is C16H34IN3O. The third-order valence-corrected chi connectivity index (χ3v) is 5.31. The van der Waals surface area contributed by atoms with E-state index in [1.807, 2.05) is 13.8 Å². The Kier molecular flexibility index (Phi) is 7.47. The SMILES string of the molecule is CCNC(=NCC(O)(CC)CC)N1CC(C)(C)C1(C)C.I. The van der Waals surface area contributed by atoms with Crippen molar-refractivity contribution in [3.05, 3.63) is 0 Å². The Balaban J connectivity index is 0.00000400. The molecule has 0 aromatic rings. The van der Waals surface area contributed by atoms with Crippen LogP contribution in [0.25, 0.3) is 0 Å². The van der Waals surface area contributed by atoms with E-state index in [1.54, 1.807) is 0 Å². The van der Waals surface area contributed by atoms with Crippen LogP contribution >= 0.6 is 24.0 Å². The van der Waals surface area contributed by atoms with Crippen LogP contribution in [-0.4, -0.2) is 46.7 Å². The molecule has 0 bridgehead atoms. The summed E-state index contributed by atoms with van der Waals surface area (Å²) in [5.41, 5.74) is -0.301. The van der Waals surface area contributed by atoms with Crippen LogP contribution in [0, 0.1) is 5.41 Å². The highest BCUT2D eigenvalue weighted by atomic mass is 127. The van der Waals surface area contributed by atoms with Crippen molar-refractivity contribution >= 4 is 29.9 Å². The molecule has 0 radical (unpaired) electrons. The van der Waals surface area contributed by atoms with Gasteiger partial charge in [0.1, 0.15) is 0 Å². The second kappa shape index (κ2) is 7.49. The lowest BCUT2D eigenvalue weighted by Gasteiger charge is -2.62. The largest absolute Gasteiger partial charge is 0.388 e. The van der Waals surface area contributed by atoms with Gasteiger partial charge in [0.2, 0.25) is 0 Å². The van der Waals surface area contributed by atoms with Gasteiger partial charge in [-0.3, -0.25) is 4.99 Å². The molecule has 0 aromatic heterocycles. The normalized spacial score (nSPS) is 20.6. The van der Waals surface area contributed by atoms with E-state index >= 15 is 0 Å². The van der Waals surface area contributed by atoms with Crippen LogP contribution in [0.4, 0.5) is 0 Å². The van der Waals surface area contributed by atoms with Gasteiger partial charge in [-0.15, -0.1) is 24.0 Å². The van der Waals surface area contributed by atoms with E-state index in [2.05, 4.69) is 44.8 Å². The van der Waals surface area contributed by atoms with E-state index in [9.17, 15) is 5.11 Å². The van der Waals surface area contributed by atoms with Crippen molar-refractivity contribution in [1.82, 2.24) is 10.2 Å². The van der Waals surface area contributed by atoms with Crippen LogP contribution < -0.4 is 5.32 Å². The Morgan fingerprint density at radius 3 is 2.05 bits per heavy atom. The fraction of sp³-hybridized carbons (Fsp3) is 0.938. The zero-order valence-corrected chi connectivity index (χ0v) is 17.1. The molecule has 1 heterocycles. The second-order valence-corrected chi connectivity index (χ2v) is 7.13. The molecule has 0 saturated carbocycles. The van der Waals surface area contributed by atoms with Gasteiger partial charge in [0.25, 0.3) is 0 Å². The third-order valence-electron chi connectivity index (χ3n) is 5.31. The summed E-state index contributed by atoms with van der Waals surface area (Å²) in [6.45, 7) is 17.5. The molecule has 1 saturated heterocycles. The van der Waals surface area contributed by atoms with Crippen LogP contribution in [0.5, 0.6) is 0 Å². The van der Waals surface area contributed by atoms with Crippen LogP contribution in [0.1, 0.15) is 61.3 Å². The van der Waals surface area contributed by atoms with Crippen molar-refractivity contribution in [3.63, 3.8) is 0 Å². The fourth-order valence-electron chi connectivity index (χ4n) is 2.49. The van der Waals surface area contributed by atoms with Gasteiger partial charge in [-0.2, -0.15) is 0 Å². The van der Waals surface area contributed by atoms with Crippen LogP contribution in [0.15, 0.2) is 4.99 Å². The topological polar surface area (TPSA) is 47.9 Å². The van der Waals surface area contributed by atoms with Crippen molar-refractivity contribution in [3.8, 4) is 0 Å². The minimum atomic E-state index is -0.675. The molecule has 2 N–H and O–H groups in total. The van der Waals surface area contributed by atoms with Gasteiger partial charge in [0.15, 0.2) is 5.96 Å². The Labute approximate surface area is 147 Å². The van der Waals surface area contributed by atoms with Crippen LogP contribution in [0.3, 0.4) is 0 Å². The molecule has 0 aliphatic carbocycles. The van der Waals surface area contributed by atoms with E-state index in [0.717, 1.165) is 31.9 Å².